The predicted octanol–water partition coefficient (Wildman–Crippen LogP) is 1.56. The quantitative estimate of drug-likeness (QED) is 0.645. The molecule has 1 amide bonds. The van der Waals surface area contributed by atoms with E-state index in [1.165, 1.54) is 17.7 Å². The third-order valence-electron chi connectivity index (χ3n) is 4.36. The van der Waals surface area contributed by atoms with Crippen LogP contribution < -0.4 is 10.5 Å². The second-order valence-electron chi connectivity index (χ2n) is 6.39. The number of amides is 1. The van der Waals surface area contributed by atoms with E-state index in [0.29, 0.717) is 19.5 Å². The van der Waals surface area contributed by atoms with Crippen molar-refractivity contribution < 1.29 is 13.2 Å². The van der Waals surface area contributed by atoms with Gasteiger partial charge in [-0.1, -0.05) is 49.4 Å². The monoisotopic (exact) mass is 389 g/mol. The summed E-state index contributed by atoms with van der Waals surface area (Å²) in [6.45, 7) is 4.57. The van der Waals surface area contributed by atoms with Crippen molar-refractivity contribution in [3.8, 4) is 0 Å². The van der Waals surface area contributed by atoms with Crippen LogP contribution in [0.3, 0.4) is 0 Å². The average Bonchev–Trinajstić information content (AvgIpc) is 2.65. The summed E-state index contributed by atoms with van der Waals surface area (Å²) in [6, 6.07) is 16.6. The van der Waals surface area contributed by atoms with Gasteiger partial charge in [0.2, 0.25) is 15.9 Å². The average molecular weight is 390 g/mol. The zero-order chi connectivity index (χ0) is 19.7. The molecular weight excluding hydrogens is 362 g/mol. The van der Waals surface area contributed by atoms with Gasteiger partial charge in [0.05, 0.1) is 11.4 Å². The van der Waals surface area contributed by atoms with Gasteiger partial charge in [-0.2, -0.15) is 0 Å². The van der Waals surface area contributed by atoms with Gasteiger partial charge in [0.15, 0.2) is 0 Å². The van der Waals surface area contributed by atoms with Gasteiger partial charge in [-0.25, -0.2) is 13.6 Å². The Labute approximate surface area is 161 Å². The van der Waals surface area contributed by atoms with Gasteiger partial charge in [0.1, 0.15) is 0 Å². The number of hydrogen-bond donors (Lipinski definition) is 2. The van der Waals surface area contributed by atoms with Crippen molar-refractivity contribution in [3.63, 3.8) is 0 Å². The predicted molar refractivity (Wildman–Crippen MR) is 107 cm³/mol. The highest BCUT2D eigenvalue weighted by atomic mass is 32.2. The first-order valence-electron chi connectivity index (χ1n) is 9.03. The number of likely N-dealkylation sites (N-methyl/N-ethyl adjacent to an activating group) is 1. The summed E-state index contributed by atoms with van der Waals surface area (Å²) in [4.78, 5) is 14.4. The summed E-state index contributed by atoms with van der Waals surface area (Å²) in [7, 11) is -3.67. The van der Waals surface area contributed by atoms with E-state index in [-0.39, 0.29) is 10.8 Å². The van der Waals surface area contributed by atoms with Crippen molar-refractivity contribution in [2.75, 3.05) is 26.2 Å². The van der Waals surface area contributed by atoms with Crippen LogP contribution in [0.25, 0.3) is 0 Å². The Morgan fingerprint density at radius 1 is 1.00 bits per heavy atom. The molecule has 0 aliphatic rings. The summed E-state index contributed by atoms with van der Waals surface area (Å²) in [5, 5.41) is 7.99. The molecule has 27 heavy (non-hydrogen) atoms. The van der Waals surface area contributed by atoms with E-state index in [2.05, 4.69) is 22.3 Å². The number of carbonyl (C=O) groups excluding carboxylic acids is 1. The Bertz CT molecular complexity index is 821. The highest BCUT2D eigenvalue weighted by Crippen LogP contribution is 2.09. The fourth-order valence-electron chi connectivity index (χ4n) is 2.73. The summed E-state index contributed by atoms with van der Waals surface area (Å²) in [5.74, 6) is -0.00827. The lowest BCUT2D eigenvalue weighted by Gasteiger charge is -2.19. The minimum absolute atomic E-state index is 0.00827. The molecule has 6 nitrogen and oxygen atoms in total. The van der Waals surface area contributed by atoms with Crippen molar-refractivity contribution >= 4 is 15.9 Å². The third-order valence-corrected chi connectivity index (χ3v) is 5.29. The number of carbonyl (C=O) groups is 1. The van der Waals surface area contributed by atoms with Crippen LogP contribution in [0.4, 0.5) is 0 Å². The molecule has 2 aromatic carbocycles. The Kier molecular flexibility index (Phi) is 7.97. The summed E-state index contributed by atoms with van der Waals surface area (Å²) in [5.41, 5.74) is 2.21. The number of nitrogens with zero attached hydrogens (tertiary/aromatic N) is 1. The Balaban J connectivity index is 1.72. The Hall–Kier alpha value is -2.22. The zero-order valence-corrected chi connectivity index (χ0v) is 16.4. The highest BCUT2D eigenvalue weighted by Gasteiger charge is 2.10. The maximum atomic E-state index is 12.2. The smallest absolute Gasteiger partial charge is 0.238 e. The molecule has 0 aliphatic carbocycles. The zero-order valence-electron chi connectivity index (χ0n) is 15.6. The lowest BCUT2D eigenvalue weighted by Crippen LogP contribution is -2.38. The number of rotatable bonds is 10. The van der Waals surface area contributed by atoms with Crippen LogP contribution in [0.1, 0.15) is 18.1 Å². The largest absolute Gasteiger partial charge is 0.355 e. The van der Waals surface area contributed by atoms with Gasteiger partial charge in [0.25, 0.3) is 0 Å². The highest BCUT2D eigenvalue weighted by molar-refractivity contribution is 7.89. The molecule has 0 heterocycles. The molecule has 0 saturated carbocycles. The molecule has 0 atom stereocenters. The van der Waals surface area contributed by atoms with Gasteiger partial charge < -0.3 is 5.32 Å². The van der Waals surface area contributed by atoms with Crippen molar-refractivity contribution in [2.45, 2.75) is 24.7 Å². The number of nitrogens with two attached hydrogens (primary N) is 1. The summed E-state index contributed by atoms with van der Waals surface area (Å²) < 4.78 is 22.5. The second kappa shape index (κ2) is 10.2. The standard InChI is InChI=1S/C20H27N3O3S/c1-2-23(15-13-17-6-4-3-5-7-17)16-20(24)22-14-12-18-8-10-19(11-9-18)27(21,25)26/h3-11H,2,12-16H2,1H3,(H,22,24)(H2,21,25,26). The first-order valence-corrected chi connectivity index (χ1v) is 10.6. The molecular formula is C20H27N3O3S. The van der Waals surface area contributed by atoms with Gasteiger partial charge in [-0.15, -0.1) is 0 Å². The number of sulfonamides is 1. The van der Waals surface area contributed by atoms with E-state index in [9.17, 15) is 13.2 Å². The molecule has 0 bridgehead atoms. The topological polar surface area (TPSA) is 92.5 Å². The van der Waals surface area contributed by atoms with E-state index in [1.807, 2.05) is 25.1 Å². The maximum Gasteiger partial charge on any atom is 0.238 e. The molecule has 0 aromatic heterocycles. The molecule has 3 N–H and O–H groups in total. The lowest BCUT2D eigenvalue weighted by atomic mass is 10.1. The molecule has 146 valence electrons. The van der Waals surface area contributed by atoms with E-state index < -0.39 is 10.0 Å². The first kappa shape index (κ1) is 21.1. The minimum atomic E-state index is -3.67. The first-order chi connectivity index (χ1) is 12.9. The minimum Gasteiger partial charge on any atom is -0.355 e. The van der Waals surface area contributed by atoms with Gasteiger partial charge in [-0.3, -0.25) is 9.69 Å². The number of primary sulfonamides is 1. The fourth-order valence-corrected chi connectivity index (χ4v) is 3.25. The number of hydrogen-bond acceptors (Lipinski definition) is 4. The molecule has 2 aromatic rings. The van der Waals surface area contributed by atoms with E-state index in [4.69, 9.17) is 5.14 Å². The van der Waals surface area contributed by atoms with Crippen LogP contribution >= 0.6 is 0 Å². The Morgan fingerprint density at radius 2 is 1.63 bits per heavy atom. The number of benzene rings is 2. The third kappa shape index (κ3) is 7.50. The van der Waals surface area contributed by atoms with Crippen LogP contribution in [0, 0.1) is 0 Å². The fraction of sp³-hybridized carbons (Fsp3) is 0.350. The molecule has 0 fully saturated rings. The lowest BCUT2D eigenvalue weighted by molar-refractivity contribution is -0.122. The summed E-state index contributed by atoms with van der Waals surface area (Å²) >= 11 is 0. The molecule has 0 saturated heterocycles. The molecule has 0 spiro atoms. The van der Waals surface area contributed by atoms with Crippen LogP contribution in [-0.4, -0.2) is 45.4 Å². The van der Waals surface area contributed by atoms with Gasteiger partial charge in [0, 0.05) is 13.1 Å². The number of nitrogens with one attached hydrogen (secondary N) is 1. The van der Waals surface area contributed by atoms with Crippen LogP contribution in [0.5, 0.6) is 0 Å². The maximum absolute atomic E-state index is 12.2. The van der Waals surface area contributed by atoms with Gasteiger partial charge in [-0.05, 0) is 42.6 Å². The van der Waals surface area contributed by atoms with Crippen molar-refractivity contribution in [1.29, 1.82) is 0 Å². The van der Waals surface area contributed by atoms with E-state index in [1.54, 1.807) is 12.1 Å². The molecule has 0 radical (unpaired) electrons. The molecule has 0 aliphatic heterocycles. The normalized spacial score (nSPS) is 11.5. The molecule has 0 unspecified atom stereocenters. The van der Waals surface area contributed by atoms with Crippen molar-refractivity contribution in [2.24, 2.45) is 5.14 Å². The van der Waals surface area contributed by atoms with Crippen LogP contribution in [-0.2, 0) is 27.7 Å². The summed E-state index contributed by atoms with van der Waals surface area (Å²) in [6.07, 6.45) is 1.55. The SMILES string of the molecule is CCN(CCc1ccccc1)CC(=O)NCCc1ccc(S(N)(=O)=O)cc1. The van der Waals surface area contributed by atoms with Crippen LogP contribution in [0.2, 0.25) is 0 Å². The van der Waals surface area contributed by atoms with Gasteiger partial charge >= 0.3 is 0 Å². The van der Waals surface area contributed by atoms with E-state index in [0.717, 1.165) is 25.1 Å². The van der Waals surface area contributed by atoms with E-state index >= 15 is 0 Å². The van der Waals surface area contributed by atoms with Crippen molar-refractivity contribution in [3.05, 3.63) is 65.7 Å². The molecule has 2 rings (SSSR count). The second-order valence-corrected chi connectivity index (χ2v) is 7.95. The molecule has 7 heteroatoms. The Morgan fingerprint density at radius 3 is 2.22 bits per heavy atom. The van der Waals surface area contributed by atoms with Crippen molar-refractivity contribution in [1.82, 2.24) is 10.2 Å². The van der Waals surface area contributed by atoms with Crippen LogP contribution in [0.15, 0.2) is 59.5 Å².